The van der Waals surface area contributed by atoms with Crippen LogP contribution in [0, 0.1) is 23.7 Å². The highest BCUT2D eigenvalue weighted by Gasteiger charge is 2.41. The minimum atomic E-state index is 0.502. The third-order valence-electron chi connectivity index (χ3n) is 4.80. The van der Waals surface area contributed by atoms with Crippen molar-refractivity contribution in [3.05, 3.63) is 0 Å². The van der Waals surface area contributed by atoms with Crippen molar-refractivity contribution in [2.45, 2.75) is 64.8 Å². The second kappa shape index (κ2) is 4.86. The Kier molecular flexibility index (Phi) is 3.71. The zero-order valence-electron chi connectivity index (χ0n) is 10.4. The minimum Gasteiger partial charge on any atom is -0.327 e. The van der Waals surface area contributed by atoms with Gasteiger partial charge in [0, 0.05) is 6.04 Å². The first-order valence-corrected chi connectivity index (χ1v) is 6.96. The summed E-state index contributed by atoms with van der Waals surface area (Å²) in [6.45, 7) is 4.65. The molecule has 88 valence electrons. The van der Waals surface area contributed by atoms with Crippen LogP contribution in [0.25, 0.3) is 0 Å². The predicted octanol–water partition coefficient (Wildman–Crippen LogP) is 3.58. The van der Waals surface area contributed by atoms with Crippen LogP contribution in [0.2, 0.25) is 0 Å². The lowest BCUT2D eigenvalue weighted by Gasteiger charge is -2.29. The molecule has 5 unspecified atom stereocenters. The Morgan fingerprint density at radius 3 is 2.60 bits per heavy atom. The zero-order valence-corrected chi connectivity index (χ0v) is 10.4. The first-order valence-electron chi connectivity index (χ1n) is 6.96. The molecule has 0 aromatic heterocycles. The predicted molar refractivity (Wildman–Crippen MR) is 65.6 cm³/mol. The van der Waals surface area contributed by atoms with Gasteiger partial charge in [-0.3, -0.25) is 0 Å². The minimum absolute atomic E-state index is 0.502. The summed E-state index contributed by atoms with van der Waals surface area (Å²) < 4.78 is 0. The van der Waals surface area contributed by atoms with E-state index in [2.05, 4.69) is 13.8 Å². The van der Waals surface area contributed by atoms with E-state index in [4.69, 9.17) is 5.73 Å². The van der Waals surface area contributed by atoms with Crippen molar-refractivity contribution in [3.63, 3.8) is 0 Å². The summed E-state index contributed by atoms with van der Waals surface area (Å²) in [7, 11) is 0. The Hall–Kier alpha value is -0.0400. The van der Waals surface area contributed by atoms with Gasteiger partial charge in [-0.15, -0.1) is 0 Å². The molecule has 15 heavy (non-hydrogen) atoms. The van der Waals surface area contributed by atoms with E-state index < -0.39 is 0 Å². The summed E-state index contributed by atoms with van der Waals surface area (Å²) in [5.74, 6) is 3.76. The van der Waals surface area contributed by atoms with Gasteiger partial charge in [0.05, 0.1) is 0 Å². The maximum absolute atomic E-state index is 6.40. The first-order chi connectivity index (χ1) is 7.20. The van der Waals surface area contributed by atoms with Crippen LogP contribution in [0.3, 0.4) is 0 Å². The first kappa shape index (κ1) is 11.4. The number of fused-ring (bicyclic) bond motifs is 2. The van der Waals surface area contributed by atoms with Gasteiger partial charge in [-0.05, 0) is 49.4 Å². The largest absolute Gasteiger partial charge is 0.327 e. The Balaban J connectivity index is 1.78. The van der Waals surface area contributed by atoms with Crippen LogP contribution < -0.4 is 5.73 Å². The maximum Gasteiger partial charge on any atom is 0.00724 e. The second-order valence-electron chi connectivity index (χ2n) is 6.13. The van der Waals surface area contributed by atoms with Crippen molar-refractivity contribution in [3.8, 4) is 0 Å². The van der Waals surface area contributed by atoms with E-state index in [-0.39, 0.29) is 0 Å². The molecule has 2 fully saturated rings. The highest BCUT2D eigenvalue weighted by atomic mass is 14.7. The summed E-state index contributed by atoms with van der Waals surface area (Å²) in [6, 6.07) is 0.502. The smallest absolute Gasteiger partial charge is 0.00724 e. The van der Waals surface area contributed by atoms with Crippen molar-refractivity contribution < 1.29 is 0 Å². The molecule has 0 saturated heterocycles. The molecule has 0 radical (unpaired) electrons. The average Bonchev–Trinajstić information content (AvgIpc) is 2.78. The lowest BCUT2D eigenvalue weighted by atomic mass is 9.80. The van der Waals surface area contributed by atoms with Gasteiger partial charge in [0.1, 0.15) is 0 Å². The number of hydrogen-bond donors (Lipinski definition) is 1. The van der Waals surface area contributed by atoms with Crippen LogP contribution >= 0.6 is 0 Å². The highest BCUT2D eigenvalue weighted by molar-refractivity contribution is 4.94. The molecule has 0 amide bonds. The highest BCUT2D eigenvalue weighted by Crippen LogP contribution is 2.49. The van der Waals surface area contributed by atoms with E-state index in [0.29, 0.717) is 6.04 Å². The van der Waals surface area contributed by atoms with Crippen LogP contribution in [0.1, 0.15) is 58.8 Å². The summed E-state index contributed by atoms with van der Waals surface area (Å²) in [4.78, 5) is 0. The van der Waals surface area contributed by atoms with Gasteiger partial charge in [-0.2, -0.15) is 0 Å². The van der Waals surface area contributed by atoms with Gasteiger partial charge >= 0.3 is 0 Å². The molecule has 2 bridgehead atoms. The summed E-state index contributed by atoms with van der Waals surface area (Å²) in [5, 5.41) is 0. The Bertz CT molecular complexity index is 202. The molecule has 2 rings (SSSR count). The molecule has 2 N–H and O–H groups in total. The van der Waals surface area contributed by atoms with E-state index >= 15 is 0 Å². The number of hydrogen-bond acceptors (Lipinski definition) is 1. The Morgan fingerprint density at radius 1 is 1.27 bits per heavy atom. The molecule has 1 heteroatoms. The fourth-order valence-corrected chi connectivity index (χ4v) is 4.07. The van der Waals surface area contributed by atoms with Crippen LogP contribution in [0.4, 0.5) is 0 Å². The molecular weight excluding hydrogens is 182 g/mol. The van der Waals surface area contributed by atoms with Gasteiger partial charge in [-0.25, -0.2) is 0 Å². The van der Waals surface area contributed by atoms with Crippen LogP contribution in [0.5, 0.6) is 0 Å². The number of nitrogens with two attached hydrogens (primary N) is 1. The molecule has 0 spiro atoms. The molecular formula is C14H27N. The van der Waals surface area contributed by atoms with Gasteiger partial charge in [0.2, 0.25) is 0 Å². The van der Waals surface area contributed by atoms with Gasteiger partial charge in [0.25, 0.3) is 0 Å². The third-order valence-corrected chi connectivity index (χ3v) is 4.80. The second-order valence-corrected chi connectivity index (χ2v) is 6.13. The lowest BCUT2D eigenvalue weighted by Crippen LogP contribution is -2.35. The third kappa shape index (κ3) is 2.55. The summed E-state index contributed by atoms with van der Waals surface area (Å²) >= 11 is 0. The van der Waals surface area contributed by atoms with Crippen molar-refractivity contribution >= 4 is 0 Å². The van der Waals surface area contributed by atoms with E-state index in [1.807, 2.05) is 0 Å². The van der Waals surface area contributed by atoms with E-state index in [1.165, 1.54) is 44.9 Å². The summed E-state index contributed by atoms with van der Waals surface area (Å²) in [6.07, 6.45) is 9.86. The van der Waals surface area contributed by atoms with Crippen molar-refractivity contribution in [2.75, 3.05) is 0 Å². The number of rotatable bonds is 5. The van der Waals surface area contributed by atoms with E-state index in [0.717, 1.165) is 23.7 Å². The molecule has 1 nitrogen and oxygen atoms in total. The van der Waals surface area contributed by atoms with Gasteiger partial charge in [0.15, 0.2) is 0 Å². The van der Waals surface area contributed by atoms with Crippen LogP contribution in [0.15, 0.2) is 0 Å². The van der Waals surface area contributed by atoms with Crippen molar-refractivity contribution in [1.82, 2.24) is 0 Å². The molecule has 2 aliphatic carbocycles. The quantitative estimate of drug-likeness (QED) is 0.736. The molecule has 0 aromatic carbocycles. The Labute approximate surface area is 94.8 Å². The van der Waals surface area contributed by atoms with Crippen molar-refractivity contribution in [2.24, 2.45) is 29.4 Å². The Morgan fingerprint density at radius 2 is 2.07 bits per heavy atom. The standard InChI is InChI=1S/C14H27N/c1-3-4-10(2)7-14(15)13-9-11-5-6-12(13)8-11/h10-14H,3-9,15H2,1-2H3. The molecule has 2 saturated carbocycles. The average molecular weight is 209 g/mol. The molecule has 0 heterocycles. The van der Waals surface area contributed by atoms with E-state index in [9.17, 15) is 0 Å². The SMILES string of the molecule is CCCC(C)CC(N)C1CC2CCC1C2. The maximum atomic E-state index is 6.40. The molecule has 0 aromatic rings. The summed E-state index contributed by atoms with van der Waals surface area (Å²) in [5.41, 5.74) is 6.40. The monoisotopic (exact) mass is 209 g/mol. The fraction of sp³-hybridized carbons (Fsp3) is 1.00. The van der Waals surface area contributed by atoms with E-state index in [1.54, 1.807) is 0 Å². The fourth-order valence-electron chi connectivity index (χ4n) is 4.07. The van der Waals surface area contributed by atoms with Gasteiger partial charge in [-0.1, -0.05) is 33.1 Å². The van der Waals surface area contributed by atoms with Crippen molar-refractivity contribution in [1.29, 1.82) is 0 Å². The lowest BCUT2D eigenvalue weighted by molar-refractivity contribution is 0.250. The molecule has 0 aliphatic heterocycles. The van der Waals surface area contributed by atoms with Gasteiger partial charge < -0.3 is 5.73 Å². The van der Waals surface area contributed by atoms with Crippen LogP contribution in [-0.2, 0) is 0 Å². The molecule has 5 atom stereocenters. The normalized spacial score (nSPS) is 38.2. The topological polar surface area (TPSA) is 26.0 Å². The molecule has 2 aliphatic rings. The van der Waals surface area contributed by atoms with Crippen LogP contribution in [-0.4, -0.2) is 6.04 Å². The zero-order chi connectivity index (χ0) is 10.8.